The number of H-pyrrole nitrogens is 1. The van der Waals surface area contributed by atoms with Crippen molar-refractivity contribution in [1.29, 1.82) is 0 Å². The smallest absolute Gasteiger partial charge is 0.387 e. The Balaban J connectivity index is 2.15. The molecule has 0 unspecified atom stereocenters. The lowest BCUT2D eigenvalue weighted by atomic mass is 10.0. The van der Waals surface area contributed by atoms with Gasteiger partial charge in [0, 0.05) is 22.5 Å². The molecule has 0 saturated heterocycles. The van der Waals surface area contributed by atoms with Gasteiger partial charge in [-0.05, 0) is 29.8 Å². The predicted molar refractivity (Wildman–Crippen MR) is 86.7 cm³/mol. The maximum absolute atomic E-state index is 12.4. The molecule has 3 rings (SSSR count). The van der Waals surface area contributed by atoms with Gasteiger partial charge in [0.2, 0.25) is 5.56 Å². The molecule has 0 fully saturated rings. The number of hydrogen-bond acceptors (Lipinski definition) is 2. The highest BCUT2D eigenvalue weighted by Crippen LogP contribution is 2.37. The van der Waals surface area contributed by atoms with Crippen LogP contribution in [0.15, 0.2) is 47.3 Å². The number of nitrogens with one attached hydrogen (secondary N) is 1. The minimum absolute atomic E-state index is 0.0790. The third-order valence-corrected chi connectivity index (χ3v) is 4.02. The molecule has 118 valence electrons. The molecule has 0 aliphatic rings. The largest absolute Gasteiger partial charge is 0.433 e. The summed E-state index contributed by atoms with van der Waals surface area (Å²) in [6.45, 7) is -2.97. The van der Waals surface area contributed by atoms with Crippen LogP contribution in [0.4, 0.5) is 8.78 Å². The Labute approximate surface area is 139 Å². The van der Waals surface area contributed by atoms with Gasteiger partial charge in [-0.15, -0.1) is 0 Å². The van der Waals surface area contributed by atoms with Gasteiger partial charge in [0.25, 0.3) is 0 Å². The monoisotopic (exact) mass is 355 g/mol. The molecule has 3 aromatic rings. The average Bonchev–Trinajstić information content (AvgIpc) is 2.49. The van der Waals surface area contributed by atoms with E-state index in [0.717, 1.165) is 0 Å². The van der Waals surface area contributed by atoms with Crippen molar-refractivity contribution in [2.75, 3.05) is 0 Å². The fraction of sp³-hybridized carbons (Fsp3) is 0.0625. The summed E-state index contributed by atoms with van der Waals surface area (Å²) in [5, 5.41) is 1.12. The van der Waals surface area contributed by atoms with Crippen LogP contribution in [0.25, 0.3) is 22.0 Å². The van der Waals surface area contributed by atoms with Crippen molar-refractivity contribution in [3.05, 3.63) is 62.9 Å². The van der Waals surface area contributed by atoms with Gasteiger partial charge in [-0.3, -0.25) is 4.79 Å². The van der Waals surface area contributed by atoms with E-state index in [2.05, 4.69) is 9.72 Å². The van der Waals surface area contributed by atoms with Gasteiger partial charge in [-0.25, -0.2) is 0 Å². The van der Waals surface area contributed by atoms with Crippen LogP contribution in [-0.4, -0.2) is 11.6 Å². The molecule has 0 aliphatic carbocycles. The molecule has 0 atom stereocenters. The lowest BCUT2D eigenvalue weighted by Crippen LogP contribution is -2.03. The Morgan fingerprint density at radius 1 is 1.04 bits per heavy atom. The van der Waals surface area contributed by atoms with Crippen LogP contribution >= 0.6 is 23.2 Å². The van der Waals surface area contributed by atoms with E-state index in [1.54, 1.807) is 24.3 Å². The maximum Gasteiger partial charge on any atom is 0.387 e. The number of aromatic nitrogens is 1. The number of fused-ring (bicyclic) bond motifs is 1. The first kappa shape index (κ1) is 15.8. The molecule has 3 nitrogen and oxygen atoms in total. The first-order valence-electron chi connectivity index (χ1n) is 6.52. The van der Waals surface area contributed by atoms with Crippen LogP contribution < -0.4 is 10.3 Å². The van der Waals surface area contributed by atoms with Gasteiger partial charge in [0.1, 0.15) is 5.75 Å². The Kier molecular flexibility index (Phi) is 4.24. The summed E-state index contributed by atoms with van der Waals surface area (Å²) in [7, 11) is 0. The lowest BCUT2D eigenvalue weighted by Gasteiger charge is -2.11. The number of ether oxygens (including phenoxy) is 1. The molecule has 1 aromatic heterocycles. The highest BCUT2D eigenvalue weighted by Gasteiger charge is 2.13. The molecule has 0 amide bonds. The second-order valence-corrected chi connectivity index (χ2v) is 5.52. The molecule has 2 aromatic carbocycles. The average molecular weight is 356 g/mol. The van der Waals surface area contributed by atoms with E-state index < -0.39 is 6.61 Å². The van der Waals surface area contributed by atoms with Crippen LogP contribution in [-0.2, 0) is 0 Å². The van der Waals surface area contributed by atoms with Crippen molar-refractivity contribution in [2.45, 2.75) is 6.61 Å². The number of alkyl halides is 2. The summed E-state index contributed by atoms with van der Waals surface area (Å²) in [6.07, 6.45) is 0. The molecular formula is C16H9Cl2F2NO2. The van der Waals surface area contributed by atoms with E-state index >= 15 is 0 Å². The van der Waals surface area contributed by atoms with Gasteiger partial charge in [-0.2, -0.15) is 8.78 Å². The van der Waals surface area contributed by atoms with Gasteiger partial charge in [0.15, 0.2) is 0 Å². The minimum Gasteiger partial charge on any atom is -0.433 e. The highest BCUT2D eigenvalue weighted by molar-refractivity contribution is 6.38. The summed E-state index contributed by atoms with van der Waals surface area (Å²) >= 11 is 12.2. The molecule has 0 spiro atoms. The van der Waals surface area contributed by atoms with Crippen molar-refractivity contribution >= 4 is 34.1 Å². The lowest BCUT2D eigenvalue weighted by molar-refractivity contribution is -0.0497. The molecule has 1 N–H and O–H groups in total. The topological polar surface area (TPSA) is 42.1 Å². The molecule has 7 heteroatoms. The second-order valence-electron chi connectivity index (χ2n) is 4.73. The summed E-state index contributed by atoms with van der Waals surface area (Å²) in [5.74, 6) is -0.128. The second kappa shape index (κ2) is 6.18. The molecule has 0 aliphatic heterocycles. The van der Waals surface area contributed by atoms with Crippen molar-refractivity contribution in [3.63, 3.8) is 0 Å². The van der Waals surface area contributed by atoms with Crippen molar-refractivity contribution in [1.82, 2.24) is 4.98 Å². The van der Waals surface area contributed by atoms with Gasteiger partial charge in [-0.1, -0.05) is 35.3 Å². The van der Waals surface area contributed by atoms with E-state index in [4.69, 9.17) is 23.2 Å². The molecule has 23 heavy (non-hydrogen) atoms. The van der Waals surface area contributed by atoms with Crippen molar-refractivity contribution in [2.24, 2.45) is 0 Å². The van der Waals surface area contributed by atoms with Gasteiger partial charge in [0.05, 0.1) is 10.0 Å². The van der Waals surface area contributed by atoms with Crippen LogP contribution in [0.3, 0.4) is 0 Å². The van der Waals surface area contributed by atoms with Crippen LogP contribution in [0.2, 0.25) is 10.0 Å². The Morgan fingerprint density at radius 2 is 1.83 bits per heavy atom. The third-order valence-electron chi connectivity index (χ3n) is 3.30. The number of rotatable bonds is 3. The van der Waals surface area contributed by atoms with Gasteiger partial charge < -0.3 is 9.72 Å². The SMILES string of the molecule is O=c1ccc2c(Cl)c(-c3ccc(Cl)c(OC(F)F)c3)ccc2[nH]1. The third kappa shape index (κ3) is 3.16. The van der Waals surface area contributed by atoms with E-state index in [0.29, 0.717) is 27.1 Å². The first-order valence-corrected chi connectivity index (χ1v) is 7.27. The number of halogens is 4. The molecule has 0 radical (unpaired) electrons. The number of pyridine rings is 1. The number of benzene rings is 2. The van der Waals surface area contributed by atoms with E-state index in [1.165, 1.54) is 18.2 Å². The Morgan fingerprint density at radius 3 is 2.57 bits per heavy atom. The molecule has 0 saturated carbocycles. The normalized spacial score (nSPS) is 11.2. The fourth-order valence-corrected chi connectivity index (χ4v) is 2.78. The van der Waals surface area contributed by atoms with Crippen LogP contribution in [0, 0.1) is 0 Å². The zero-order valence-electron chi connectivity index (χ0n) is 11.4. The van der Waals surface area contributed by atoms with E-state index in [-0.39, 0.29) is 16.3 Å². The van der Waals surface area contributed by atoms with Crippen molar-refractivity contribution < 1.29 is 13.5 Å². The molecule has 0 bridgehead atoms. The summed E-state index contributed by atoms with van der Waals surface area (Å²) < 4.78 is 29.2. The van der Waals surface area contributed by atoms with Gasteiger partial charge >= 0.3 is 6.61 Å². The van der Waals surface area contributed by atoms with Crippen LogP contribution in [0.1, 0.15) is 0 Å². The Hall–Kier alpha value is -2.11. The summed E-state index contributed by atoms with van der Waals surface area (Å²) in [4.78, 5) is 14.0. The van der Waals surface area contributed by atoms with E-state index in [9.17, 15) is 13.6 Å². The minimum atomic E-state index is -2.97. The zero-order chi connectivity index (χ0) is 16.6. The quantitative estimate of drug-likeness (QED) is 0.709. The summed E-state index contributed by atoms with van der Waals surface area (Å²) in [5.41, 5.74) is 1.54. The summed E-state index contributed by atoms with van der Waals surface area (Å²) in [6, 6.07) is 10.9. The fourth-order valence-electron chi connectivity index (χ4n) is 2.28. The number of aromatic amines is 1. The standard InChI is InChI=1S/C16H9Cl2F2NO2/c17-11-4-1-8(7-13(11)23-16(19)20)9-2-5-12-10(15(9)18)3-6-14(22)21-12/h1-7,16H,(H,21,22). The predicted octanol–water partition coefficient (Wildman–Crippen LogP) is 5.10. The highest BCUT2D eigenvalue weighted by atomic mass is 35.5. The molecular weight excluding hydrogens is 347 g/mol. The Bertz CT molecular complexity index is 941. The van der Waals surface area contributed by atoms with Crippen molar-refractivity contribution in [3.8, 4) is 16.9 Å². The first-order chi connectivity index (χ1) is 11.0. The number of hydrogen-bond donors (Lipinski definition) is 1. The molecule has 1 heterocycles. The zero-order valence-corrected chi connectivity index (χ0v) is 13.0. The van der Waals surface area contributed by atoms with Crippen LogP contribution in [0.5, 0.6) is 5.75 Å². The maximum atomic E-state index is 12.4. The van der Waals surface area contributed by atoms with E-state index in [1.807, 2.05) is 0 Å².